The van der Waals surface area contributed by atoms with Crippen molar-refractivity contribution in [3.8, 4) is 5.75 Å². The normalized spacial score (nSPS) is 22.5. The fourth-order valence-electron chi connectivity index (χ4n) is 4.11. The number of rotatable bonds is 5. The number of thioether (sulfide) groups is 1. The van der Waals surface area contributed by atoms with E-state index in [0.717, 1.165) is 36.7 Å². The van der Waals surface area contributed by atoms with Gasteiger partial charge < -0.3 is 10.1 Å². The third-order valence-electron chi connectivity index (χ3n) is 5.53. The van der Waals surface area contributed by atoms with E-state index in [0.29, 0.717) is 18.4 Å². The largest absolute Gasteiger partial charge is 0.493 e. The monoisotopic (exact) mass is 445 g/mol. The van der Waals surface area contributed by atoms with Crippen molar-refractivity contribution in [2.45, 2.75) is 38.1 Å². The van der Waals surface area contributed by atoms with Crippen LogP contribution in [-0.4, -0.2) is 35.2 Å². The number of fused-ring (bicyclic) bond motifs is 2. The third-order valence-corrected chi connectivity index (χ3v) is 7.06. The standard InChI is InChI=1S/C23H25F2N3O2S/c1-14(2)26-11-10-16-13-30-21-7-5-4-6-19(21)23(16)28(15(3)29)27-22(31-23)18-12-17(24)8-9-20(18)25/h4-9,12,14,16,26H,10-11,13H2,1-3H3/t16-,23+/m1/s1. The highest BCUT2D eigenvalue weighted by atomic mass is 32.2. The number of hydrazone groups is 1. The maximum atomic E-state index is 14.6. The number of amides is 1. The molecule has 164 valence electrons. The van der Waals surface area contributed by atoms with Gasteiger partial charge in [-0.25, -0.2) is 13.8 Å². The summed E-state index contributed by atoms with van der Waals surface area (Å²) in [6.45, 7) is 6.71. The van der Waals surface area contributed by atoms with Crippen molar-refractivity contribution in [2.75, 3.05) is 13.2 Å². The van der Waals surface area contributed by atoms with Crippen LogP contribution in [0.25, 0.3) is 0 Å². The summed E-state index contributed by atoms with van der Waals surface area (Å²) >= 11 is 1.30. The first-order valence-corrected chi connectivity index (χ1v) is 11.1. The summed E-state index contributed by atoms with van der Waals surface area (Å²) in [5.41, 5.74) is 0.864. The van der Waals surface area contributed by atoms with Crippen molar-refractivity contribution < 1.29 is 18.3 Å². The second-order valence-electron chi connectivity index (χ2n) is 8.06. The van der Waals surface area contributed by atoms with Gasteiger partial charge in [0.15, 0.2) is 4.87 Å². The lowest BCUT2D eigenvalue weighted by atomic mass is 9.86. The van der Waals surface area contributed by atoms with Gasteiger partial charge in [-0.15, -0.1) is 0 Å². The first kappa shape index (κ1) is 21.8. The molecule has 2 aliphatic rings. The van der Waals surface area contributed by atoms with E-state index in [1.807, 2.05) is 24.3 Å². The Kier molecular flexibility index (Phi) is 6.03. The molecule has 8 heteroatoms. The molecule has 1 N–H and O–H groups in total. The summed E-state index contributed by atoms with van der Waals surface area (Å²) in [5, 5.41) is 9.63. The highest BCUT2D eigenvalue weighted by Crippen LogP contribution is 2.57. The van der Waals surface area contributed by atoms with Crippen LogP contribution >= 0.6 is 11.8 Å². The van der Waals surface area contributed by atoms with Crippen molar-refractivity contribution in [3.05, 3.63) is 65.2 Å². The topological polar surface area (TPSA) is 53.9 Å². The zero-order chi connectivity index (χ0) is 22.2. The van der Waals surface area contributed by atoms with Crippen molar-refractivity contribution in [1.82, 2.24) is 10.3 Å². The molecule has 0 aliphatic carbocycles. The number of ether oxygens (including phenoxy) is 1. The van der Waals surface area contributed by atoms with Crippen molar-refractivity contribution in [2.24, 2.45) is 11.0 Å². The van der Waals surface area contributed by atoms with Gasteiger partial charge in [0, 0.05) is 30.0 Å². The molecule has 2 aliphatic heterocycles. The smallest absolute Gasteiger partial charge is 0.241 e. The lowest BCUT2D eigenvalue weighted by molar-refractivity contribution is -0.134. The highest BCUT2D eigenvalue weighted by Gasteiger charge is 2.56. The van der Waals surface area contributed by atoms with Crippen LogP contribution in [-0.2, 0) is 9.67 Å². The summed E-state index contributed by atoms with van der Waals surface area (Å²) in [7, 11) is 0. The van der Waals surface area contributed by atoms with Crippen LogP contribution in [0.3, 0.4) is 0 Å². The van der Waals surface area contributed by atoms with Gasteiger partial charge in [-0.05, 0) is 37.2 Å². The molecule has 2 aromatic carbocycles. The van der Waals surface area contributed by atoms with Gasteiger partial charge in [0.2, 0.25) is 5.91 Å². The molecule has 0 saturated carbocycles. The molecule has 0 unspecified atom stereocenters. The van der Waals surface area contributed by atoms with Crippen LogP contribution in [0.5, 0.6) is 5.75 Å². The first-order chi connectivity index (χ1) is 14.8. The number of nitrogens with one attached hydrogen (secondary N) is 1. The maximum absolute atomic E-state index is 14.6. The minimum atomic E-state index is -0.895. The Morgan fingerprint density at radius 3 is 2.84 bits per heavy atom. The molecule has 0 saturated heterocycles. The van der Waals surface area contributed by atoms with Crippen LogP contribution in [0.4, 0.5) is 8.78 Å². The van der Waals surface area contributed by atoms with Crippen LogP contribution in [0, 0.1) is 17.6 Å². The molecule has 0 radical (unpaired) electrons. The molecule has 2 aromatic rings. The van der Waals surface area contributed by atoms with Crippen LogP contribution < -0.4 is 10.1 Å². The number of carbonyl (C=O) groups excluding carboxylic acids is 1. The highest BCUT2D eigenvalue weighted by molar-refractivity contribution is 8.15. The summed E-state index contributed by atoms with van der Waals surface area (Å²) in [6.07, 6.45) is 0.720. The van der Waals surface area contributed by atoms with Crippen molar-refractivity contribution >= 4 is 22.7 Å². The van der Waals surface area contributed by atoms with Crippen LogP contribution in [0.1, 0.15) is 38.3 Å². The summed E-state index contributed by atoms with van der Waals surface area (Å²) in [6, 6.07) is 11.1. The Morgan fingerprint density at radius 1 is 1.32 bits per heavy atom. The average Bonchev–Trinajstić information content (AvgIpc) is 3.13. The Morgan fingerprint density at radius 2 is 2.10 bits per heavy atom. The number of carbonyl (C=O) groups is 1. The summed E-state index contributed by atoms with van der Waals surface area (Å²) in [5.74, 6) is -0.838. The lowest BCUT2D eigenvalue weighted by Crippen LogP contribution is -2.51. The van der Waals surface area contributed by atoms with Gasteiger partial charge in [-0.1, -0.05) is 43.8 Å². The second kappa shape index (κ2) is 8.59. The van der Waals surface area contributed by atoms with E-state index in [2.05, 4.69) is 24.3 Å². The van der Waals surface area contributed by atoms with E-state index < -0.39 is 16.5 Å². The summed E-state index contributed by atoms with van der Waals surface area (Å²) in [4.78, 5) is 11.9. The molecular weight excluding hydrogens is 420 g/mol. The van der Waals surface area contributed by atoms with E-state index in [1.54, 1.807) is 0 Å². The van der Waals surface area contributed by atoms with E-state index in [-0.39, 0.29) is 22.4 Å². The van der Waals surface area contributed by atoms with E-state index >= 15 is 0 Å². The summed E-state index contributed by atoms with van der Waals surface area (Å²) < 4.78 is 34.5. The third kappa shape index (κ3) is 3.94. The van der Waals surface area contributed by atoms with Gasteiger partial charge in [0.25, 0.3) is 0 Å². The van der Waals surface area contributed by atoms with Crippen LogP contribution in [0.2, 0.25) is 0 Å². The van der Waals surface area contributed by atoms with Gasteiger partial charge in [0.1, 0.15) is 22.4 Å². The van der Waals surface area contributed by atoms with Gasteiger partial charge in [-0.3, -0.25) is 4.79 Å². The zero-order valence-corrected chi connectivity index (χ0v) is 18.5. The molecule has 0 bridgehead atoms. The quantitative estimate of drug-likeness (QED) is 0.738. The molecule has 1 amide bonds. The van der Waals surface area contributed by atoms with E-state index in [1.165, 1.54) is 23.7 Å². The van der Waals surface area contributed by atoms with E-state index in [4.69, 9.17) is 4.74 Å². The molecule has 31 heavy (non-hydrogen) atoms. The zero-order valence-electron chi connectivity index (χ0n) is 17.7. The molecule has 5 nitrogen and oxygen atoms in total. The fraction of sp³-hybridized carbons (Fsp3) is 0.391. The lowest BCUT2D eigenvalue weighted by Gasteiger charge is -2.45. The number of benzene rings is 2. The van der Waals surface area contributed by atoms with Gasteiger partial charge in [0.05, 0.1) is 6.61 Å². The predicted molar refractivity (Wildman–Crippen MR) is 118 cm³/mol. The number of hydrogen-bond acceptors (Lipinski definition) is 5. The Labute approximate surface area is 184 Å². The second-order valence-corrected chi connectivity index (χ2v) is 9.27. The number of hydrogen-bond donors (Lipinski definition) is 1. The Balaban J connectivity index is 1.81. The SMILES string of the molecule is CC(=O)N1N=C(c2cc(F)ccc2F)S[C@@]12c1ccccc1OC[C@H]2CCNC(C)C. The van der Waals surface area contributed by atoms with Gasteiger partial charge >= 0.3 is 0 Å². The molecule has 4 rings (SSSR count). The molecule has 0 fully saturated rings. The number of halogens is 2. The molecule has 2 atom stereocenters. The van der Waals surface area contributed by atoms with Crippen LogP contribution in [0.15, 0.2) is 47.6 Å². The molecule has 1 spiro atoms. The Bertz CT molecular complexity index is 1030. The number of para-hydroxylation sites is 1. The number of nitrogens with zero attached hydrogens (tertiary/aromatic N) is 2. The predicted octanol–water partition coefficient (Wildman–Crippen LogP) is 4.47. The molecular formula is C23H25F2N3O2S. The average molecular weight is 446 g/mol. The molecule has 2 heterocycles. The fourth-order valence-corrected chi connectivity index (χ4v) is 5.68. The minimum absolute atomic E-state index is 0.0520. The Hall–Kier alpha value is -2.45. The van der Waals surface area contributed by atoms with Crippen molar-refractivity contribution in [1.29, 1.82) is 0 Å². The van der Waals surface area contributed by atoms with Gasteiger partial charge in [-0.2, -0.15) is 5.10 Å². The minimum Gasteiger partial charge on any atom is -0.493 e. The first-order valence-electron chi connectivity index (χ1n) is 10.3. The van der Waals surface area contributed by atoms with E-state index in [9.17, 15) is 13.6 Å². The molecule has 0 aromatic heterocycles. The van der Waals surface area contributed by atoms with Crippen molar-refractivity contribution in [3.63, 3.8) is 0 Å². The maximum Gasteiger partial charge on any atom is 0.241 e.